The zero-order chi connectivity index (χ0) is 11.1. The first-order chi connectivity index (χ1) is 7.77. The highest BCUT2D eigenvalue weighted by molar-refractivity contribution is 7.17. The quantitative estimate of drug-likeness (QED) is 0.747. The van der Waals surface area contributed by atoms with Crippen LogP contribution in [-0.4, -0.2) is 17.6 Å². The van der Waals surface area contributed by atoms with Crippen molar-refractivity contribution in [1.29, 1.82) is 0 Å². The summed E-state index contributed by atoms with van der Waals surface area (Å²) in [7, 11) is 0. The van der Waals surface area contributed by atoms with Crippen molar-refractivity contribution in [2.75, 3.05) is 11.4 Å². The molecule has 0 radical (unpaired) electrons. The number of aromatic nitrogens is 1. The number of hydrogen-bond donors (Lipinski definition) is 0. The number of thiophene rings is 1. The van der Waals surface area contributed by atoms with Gasteiger partial charge in [-0.15, -0.1) is 11.3 Å². The molecule has 2 atom stereocenters. The smallest absolute Gasteiger partial charge is 0.0830 e. The van der Waals surface area contributed by atoms with Crippen molar-refractivity contribution in [1.82, 2.24) is 4.98 Å². The van der Waals surface area contributed by atoms with Crippen molar-refractivity contribution in [2.45, 2.75) is 26.3 Å². The normalized spacial score (nSPS) is 25.5. The average Bonchev–Trinajstić information content (AvgIpc) is 2.87. The molecule has 1 aliphatic rings. The lowest BCUT2D eigenvalue weighted by molar-refractivity contribution is 0.546. The van der Waals surface area contributed by atoms with Crippen LogP contribution < -0.4 is 4.90 Å². The van der Waals surface area contributed by atoms with Gasteiger partial charge in [0.2, 0.25) is 0 Å². The van der Waals surface area contributed by atoms with E-state index in [1.54, 1.807) is 11.3 Å². The van der Waals surface area contributed by atoms with Gasteiger partial charge in [0.1, 0.15) is 0 Å². The minimum atomic E-state index is 0.646. The van der Waals surface area contributed by atoms with Crippen molar-refractivity contribution in [3.63, 3.8) is 0 Å². The maximum absolute atomic E-state index is 4.40. The highest BCUT2D eigenvalue weighted by atomic mass is 32.1. The van der Waals surface area contributed by atoms with Crippen molar-refractivity contribution < 1.29 is 0 Å². The summed E-state index contributed by atoms with van der Waals surface area (Å²) in [6.45, 7) is 5.86. The van der Waals surface area contributed by atoms with Crippen LogP contribution in [0.5, 0.6) is 0 Å². The molecule has 2 nitrogen and oxygen atoms in total. The molecule has 3 heteroatoms. The summed E-state index contributed by atoms with van der Waals surface area (Å²) in [5.41, 5.74) is 2.51. The van der Waals surface area contributed by atoms with Gasteiger partial charge in [-0.3, -0.25) is 4.98 Å². The van der Waals surface area contributed by atoms with Gasteiger partial charge in [0.05, 0.1) is 15.9 Å². The van der Waals surface area contributed by atoms with Crippen LogP contribution in [0.25, 0.3) is 10.2 Å². The largest absolute Gasteiger partial charge is 0.367 e. The summed E-state index contributed by atoms with van der Waals surface area (Å²) in [5.74, 6) is 0.795. The summed E-state index contributed by atoms with van der Waals surface area (Å²) < 4.78 is 1.34. The number of pyridine rings is 1. The Labute approximate surface area is 99.9 Å². The molecular formula is C13H16N2S. The lowest BCUT2D eigenvalue weighted by Crippen LogP contribution is -2.29. The molecule has 84 valence electrons. The van der Waals surface area contributed by atoms with E-state index in [0.29, 0.717) is 6.04 Å². The zero-order valence-corrected chi connectivity index (χ0v) is 10.5. The molecule has 1 saturated heterocycles. The summed E-state index contributed by atoms with van der Waals surface area (Å²) in [6.07, 6.45) is 3.23. The molecule has 2 aromatic heterocycles. The number of hydrogen-bond acceptors (Lipinski definition) is 3. The van der Waals surface area contributed by atoms with E-state index in [9.17, 15) is 0 Å². The van der Waals surface area contributed by atoms with Gasteiger partial charge in [0.25, 0.3) is 0 Å². The van der Waals surface area contributed by atoms with Gasteiger partial charge < -0.3 is 4.90 Å². The van der Waals surface area contributed by atoms with Crippen LogP contribution in [0.4, 0.5) is 5.69 Å². The maximum atomic E-state index is 4.40. The van der Waals surface area contributed by atoms with E-state index < -0.39 is 0 Å². The van der Waals surface area contributed by atoms with Crippen LogP contribution in [0.2, 0.25) is 0 Å². The first-order valence-electron chi connectivity index (χ1n) is 5.86. The molecule has 2 unspecified atom stereocenters. The van der Waals surface area contributed by atoms with Crippen molar-refractivity contribution in [3.05, 3.63) is 23.7 Å². The third kappa shape index (κ3) is 1.42. The molecule has 0 aromatic carbocycles. The number of nitrogens with zero attached hydrogens (tertiary/aromatic N) is 2. The molecule has 3 heterocycles. The third-order valence-electron chi connectivity index (χ3n) is 3.77. The molecule has 2 aromatic rings. The van der Waals surface area contributed by atoms with E-state index in [1.807, 2.05) is 6.20 Å². The topological polar surface area (TPSA) is 16.1 Å². The minimum Gasteiger partial charge on any atom is -0.367 e. The molecule has 3 rings (SSSR count). The Morgan fingerprint density at radius 1 is 1.38 bits per heavy atom. The number of fused-ring (bicyclic) bond motifs is 1. The lowest BCUT2D eigenvalue weighted by Gasteiger charge is -2.25. The van der Waals surface area contributed by atoms with Gasteiger partial charge >= 0.3 is 0 Å². The second-order valence-corrected chi connectivity index (χ2v) is 5.58. The second-order valence-electron chi connectivity index (χ2n) is 4.66. The predicted molar refractivity (Wildman–Crippen MR) is 70.2 cm³/mol. The molecule has 0 aliphatic carbocycles. The molecule has 16 heavy (non-hydrogen) atoms. The Bertz CT molecular complexity index is 505. The van der Waals surface area contributed by atoms with Gasteiger partial charge in [-0.1, -0.05) is 6.92 Å². The molecule has 0 amide bonds. The van der Waals surface area contributed by atoms with Gasteiger partial charge in [-0.05, 0) is 36.8 Å². The maximum Gasteiger partial charge on any atom is 0.0830 e. The van der Waals surface area contributed by atoms with Crippen molar-refractivity contribution in [2.24, 2.45) is 5.92 Å². The fraction of sp³-hybridized carbons (Fsp3) is 0.462. The Balaban J connectivity index is 2.09. The number of anilines is 1. The highest BCUT2D eigenvalue weighted by Crippen LogP contribution is 2.35. The summed E-state index contributed by atoms with van der Waals surface area (Å²) in [4.78, 5) is 6.93. The third-order valence-corrected chi connectivity index (χ3v) is 4.70. The van der Waals surface area contributed by atoms with Crippen LogP contribution >= 0.6 is 11.3 Å². The molecule has 1 fully saturated rings. The molecule has 1 aliphatic heterocycles. The Hall–Kier alpha value is -1.09. The fourth-order valence-electron chi connectivity index (χ4n) is 2.52. The molecular weight excluding hydrogens is 216 g/mol. The summed E-state index contributed by atoms with van der Waals surface area (Å²) in [5, 5.41) is 2.13. The Kier molecular flexibility index (Phi) is 2.36. The zero-order valence-electron chi connectivity index (χ0n) is 9.68. The minimum absolute atomic E-state index is 0.646. The standard InChI is InChI=1S/C13H16N2S/c1-9-4-7-15(10(9)2)12-3-6-14-11-5-8-16-13(11)12/h3,5-6,8-10H,4,7H2,1-2H3. The van der Waals surface area contributed by atoms with Crippen LogP contribution in [0.1, 0.15) is 20.3 Å². The van der Waals surface area contributed by atoms with Gasteiger partial charge in [-0.25, -0.2) is 0 Å². The van der Waals surface area contributed by atoms with E-state index in [-0.39, 0.29) is 0 Å². The van der Waals surface area contributed by atoms with Crippen LogP contribution in [0, 0.1) is 5.92 Å². The SMILES string of the molecule is CC1CCN(c2ccnc3ccsc23)C1C. The number of rotatable bonds is 1. The molecule has 0 N–H and O–H groups in total. The lowest BCUT2D eigenvalue weighted by atomic mass is 10.1. The van der Waals surface area contributed by atoms with Crippen molar-refractivity contribution >= 4 is 27.2 Å². The summed E-state index contributed by atoms with van der Waals surface area (Å²) >= 11 is 1.80. The highest BCUT2D eigenvalue weighted by Gasteiger charge is 2.28. The first-order valence-corrected chi connectivity index (χ1v) is 6.74. The predicted octanol–water partition coefficient (Wildman–Crippen LogP) is 3.53. The van der Waals surface area contributed by atoms with E-state index >= 15 is 0 Å². The molecule has 0 saturated carbocycles. The van der Waals surface area contributed by atoms with E-state index in [2.05, 4.69) is 41.2 Å². The Morgan fingerprint density at radius 2 is 2.25 bits per heavy atom. The van der Waals surface area contributed by atoms with Crippen LogP contribution in [0.3, 0.4) is 0 Å². The van der Waals surface area contributed by atoms with Crippen LogP contribution in [-0.2, 0) is 0 Å². The fourth-order valence-corrected chi connectivity index (χ4v) is 3.40. The van der Waals surface area contributed by atoms with E-state index in [1.165, 1.54) is 23.4 Å². The van der Waals surface area contributed by atoms with Crippen LogP contribution in [0.15, 0.2) is 23.7 Å². The Morgan fingerprint density at radius 3 is 3.00 bits per heavy atom. The van der Waals surface area contributed by atoms with Gasteiger partial charge in [0, 0.05) is 18.8 Å². The summed E-state index contributed by atoms with van der Waals surface area (Å²) in [6, 6.07) is 4.91. The van der Waals surface area contributed by atoms with E-state index in [0.717, 1.165) is 11.4 Å². The second kappa shape index (κ2) is 3.74. The van der Waals surface area contributed by atoms with Gasteiger partial charge in [-0.2, -0.15) is 0 Å². The molecule has 0 spiro atoms. The monoisotopic (exact) mass is 232 g/mol. The van der Waals surface area contributed by atoms with Gasteiger partial charge in [0.15, 0.2) is 0 Å². The average molecular weight is 232 g/mol. The molecule has 0 bridgehead atoms. The first kappa shape index (κ1) is 10.1. The van der Waals surface area contributed by atoms with Crippen molar-refractivity contribution in [3.8, 4) is 0 Å². The van der Waals surface area contributed by atoms with E-state index in [4.69, 9.17) is 0 Å².